The van der Waals surface area contributed by atoms with Gasteiger partial charge in [-0.3, -0.25) is 9.59 Å². The van der Waals surface area contributed by atoms with E-state index >= 15 is 0 Å². The lowest BCUT2D eigenvalue weighted by Crippen LogP contribution is -2.56. The van der Waals surface area contributed by atoms with Gasteiger partial charge in [-0.1, -0.05) is 0 Å². The Morgan fingerprint density at radius 3 is 2.45 bits per heavy atom. The number of rotatable bonds is 3. The Kier molecular flexibility index (Phi) is 4.08. The lowest BCUT2D eigenvalue weighted by molar-refractivity contribution is -0.137. The van der Waals surface area contributed by atoms with Crippen LogP contribution >= 0.6 is 0 Å². The molecule has 1 aromatic carbocycles. The highest BCUT2D eigenvalue weighted by molar-refractivity contribution is 6.00. The summed E-state index contributed by atoms with van der Waals surface area (Å²) >= 11 is 0. The lowest BCUT2D eigenvalue weighted by atomic mass is 9.77. The van der Waals surface area contributed by atoms with Gasteiger partial charge in [0.1, 0.15) is 0 Å². The molecule has 2 saturated carbocycles. The summed E-state index contributed by atoms with van der Waals surface area (Å²) in [5, 5.41) is 12.3. The highest BCUT2D eigenvalue weighted by Gasteiger charge is 2.74. The third-order valence-electron chi connectivity index (χ3n) is 6.01. The largest absolute Gasteiger partial charge is 0.416 e. The molecule has 4 rings (SSSR count). The van der Waals surface area contributed by atoms with Crippen molar-refractivity contribution in [2.45, 2.75) is 55.3 Å². The number of fused-ring (bicyclic) bond motifs is 2. The van der Waals surface area contributed by atoms with Crippen LogP contribution < -0.4 is 5.32 Å². The number of halogens is 5. The van der Waals surface area contributed by atoms with Gasteiger partial charge in [0.25, 0.3) is 11.8 Å². The van der Waals surface area contributed by atoms with Crippen LogP contribution in [0.2, 0.25) is 0 Å². The second-order valence-electron chi connectivity index (χ2n) is 8.55. The van der Waals surface area contributed by atoms with E-state index in [0.717, 1.165) is 11.0 Å². The van der Waals surface area contributed by atoms with Gasteiger partial charge in [0, 0.05) is 24.6 Å². The molecule has 2 fully saturated rings. The van der Waals surface area contributed by atoms with Gasteiger partial charge in [-0.15, -0.1) is 0 Å². The number of amides is 2. The number of carbonyl (C=O) groups excluding carboxylic acids is 2. The van der Waals surface area contributed by atoms with Crippen LogP contribution in [-0.4, -0.2) is 52.5 Å². The highest BCUT2D eigenvalue weighted by atomic mass is 19.4. The Labute approximate surface area is 162 Å². The minimum Gasteiger partial charge on any atom is -0.390 e. The Morgan fingerprint density at radius 2 is 1.93 bits per heavy atom. The normalized spacial score (nSPS) is 32.6. The van der Waals surface area contributed by atoms with Crippen LogP contribution in [0, 0.1) is 0 Å². The first-order valence-electron chi connectivity index (χ1n) is 9.15. The molecule has 1 aliphatic heterocycles. The molecule has 2 N–H and O–H groups in total. The number of nitrogens with one attached hydrogen (secondary N) is 1. The van der Waals surface area contributed by atoms with Crippen molar-refractivity contribution in [1.82, 2.24) is 10.2 Å². The summed E-state index contributed by atoms with van der Waals surface area (Å²) in [7, 11) is 0. The Bertz CT molecular complexity index is 890. The van der Waals surface area contributed by atoms with Crippen molar-refractivity contribution in [3.05, 3.63) is 34.9 Å². The average molecular weight is 418 g/mol. The molecule has 1 heterocycles. The Hall–Kier alpha value is -2.23. The molecule has 0 bridgehead atoms. The smallest absolute Gasteiger partial charge is 0.390 e. The van der Waals surface area contributed by atoms with E-state index in [2.05, 4.69) is 5.32 Å². The SMILES string of the molecule is CC1(O)CC(NC(=O)CN2C[C@@]3(CC3(F)F)c3cc(C(F)(F)F)ccc3C2=O)C1. The van der Waals surface area contributed by atoms with Crippen molar-refractivity contribution < 1.29 is 36.6 Å². The van der Waals surface area contributed by atoms with Gasteiger partial charge in [-0.2, -0.15) is 13.2 Å². The summed E-state index contributed by atoms with van der Waals surface area (Å²) < 4.78 is 67.5. The van der Waals surface area contributed by atoms with Crippen molar-refractivity contribution >= 4 is 11.8 Å². The molecule has 2 amide bonds. The van der Waals surface area contributed by atoms with Crippen LogP contribution in [0.5, 0.6) is 0 Å². The summed E-state index contributed by atoms with van der Waals surface area (Å²) in [5.74, 6) is -4.57. The first-order chi connectivity index (χ1) is 13.2. The molecule has 29 heavy (non-hydrogen) atoms. The topological polar surface area (TPSA) is 69.6 Å². The first kappa shape index (κ1) is 20.1. The van der Waals surface area contributed by atoms with Crippen molar-refractivity contribution in [3.63, 3.8) is 0 Å². The lowest BCUT2D eigenvalue weighted by Gasteiger charge is -2.41. The monoisotopic (exact) mass is 418 g/mol. The predicted molar refractivity (Wildman–Crippen MR) is 90.4 cm³/mol. The molecular formula is C19H19F5N2O3. The van der Waals surface area contributed by atoms with Gasteiger partial charge in [-0.25, -0.2) is 8.78 Å². The summed E-state index contributed by atoms with van der Waals surface area (Å²) in [6.45, 7) is 0.619. The van der Waals surface area contributed by atoms with E-state index < -0.39 is 60.0 Å². The number of alkyl halides is 5. The Morgan fingerprint density at radius 1 is 1.31 bits per heavy atom. The molecule has 2 aliphatic carbocycles. The van der Waals surface area contributed by atoms with E-state index in [-0.39, 0.29) is 17.2 Å². The van der Waals surface area contributed by atoms with E-state index in [1.54, 1.807) is 6.92 Å². The fourth-order valence-electron chi connectivity index (χ4n) is 4.43. The molecule has 0 saturated heterocycles. The van der Waals surface area contributed by atoms with Gasteiger partial charge in [0.05, 0.1) is 23.1 Å². The molecule has 1 aromatic rings. The maximum atomic E-state index is 14.2. The summed E-state index contributed by atoms with van der Waals surface area (Å²) in [6, 6.07) is 1.95. The zero-order chi connectivity index (χ0) is 21.4. The van der Waals surface area contributed by atoms with Crippen LogP contribution in [0.3, 0.4) is 0 Å². The standard InChI is InChI=1S/C19H19F5N2O3/c1-16(29)5-11(6-16)25-14(27)7-26-9-17(8-18(17,20)21)13-4-10(19(22,23)24)2-3-12(13)15(26)28/h2-4,11,29H,5-9H2,1H3,(H,25,27)/t11?,16?,17-/m0/s1. The van der Waals surface area contributed by atoms with Crippen molar-refractivity contribution in [3.8, 4) is 0 Å². The minimum atomic E-state index is -4.72. The Balaban J connectivity index is 1.57. The van der Waals surface area contributed by atoms with Crippen molar-refractivity contribution in [2.75, 3.05) is 13.1 Å². The molecule has 1 spiro atoms. The summed E-state index contributed by atoms with van der Waals surface area (Å²) in [5.41, 5.74) is -4.41. The molecular weight excluding hydrogens is 399 g/mol. The van der Waals surface area contributed by atoms with Crippen LogP contribution in [0.1, 0.15) is 47.7 Å². The highest BCUT2D eigenvalue weighted by Crippen LogP contribution is 2.64. The predicted octanol–water partition coefficient (Wildman–Crippen LogP) is 2.47. The minimum absolute atomic E-state index is 0.235. The number of benzene rings is 1. The maximum absolute atomic E-state index is 14.2. The van der Waals surface area contributed by atoms with Crippen molar-refractivity contribution in [2.24, 2.45) is 0 Å². The molecule has 1 atom stereocenters. The summed E-state index contributed by atoms with van der Waals surface area (Å²) in [6.07, 6.45) is -4.70. The van der Waals surface area contributed by atoms with Crippen LogP contribution in [0.4, 0.5) is 22.0 Å². The van der Waals surface area contributed by atoms with E-state index in [4.69, 9.17) is 0 Å². The summed E-state index contributed by atoms with van der Waals surface area (Å²) in [4.78, 5) is 25.9. The fourth-order valence-corrected chi connectivity index (χ4v) is 4.43. The average Bonchev–Trinajstić information content (AvgIpc) is 3.10. The van der Waals surface area contributed by atoms with Crippen molar-refractivity contribution in [1.29, 1.82) is 0 Å². The molecule has 3 aliphatic rings. The van der Waals surface area contributed by atoms with Gasteiger partial charge in [0.2, 0.25) is 5.91 Å². The van der Waals surface area contributed by atoms with Crippen LogP contribution in [-0.2, 0) is 16.4 Å². The number of carbonyl (C=O) groups is 2. The molecule has 0 aromatic heterocycles. The number of aliphatic hydroxyl groups is 1. The van der Waals surface area contributed by atoms with Gasteiger partial charge < -0.3 is 15.3 Å². The second-order valence-corrected chi connectivity index (χ2v) is 8.55. The second kappa shape index (κ2) is 5.90. The third-order valence-corrected chi connectivity index (χ3v) is 6.01. The van der Waals surface area contributed by atoms with Crippen LogP contribution in [0.25, 0.3) is 0 Å². The molecule has 158 valence electrons. The molecule has 10 heteroatoms. The van der Waals surface area contributed by atoms with E-state index in [1.807, 2.05) is 0 Å². The number of hydrogen-bond donors (Lipinski definition) is 2. The fraction of sp³-hybridized carbons (Fsp3) is 0.579. The van der Waals surface area contributed by atoms with E-state index in [1.165, 1.54) is 0 Å². The molecule has 0 radical (unpaired) electrons. The van der Waals surface area contributed by atoms with Gasteiger partial charge in [0.15, 0.2) is 0 Å². The van der Waals surface area contributed by atoms with E-state index in [0.29, 0.717) is 25.0 Å². The third kappa shape index (κ3) is 3.27. The van der Waals surface area contributed by atoms with E-state index in [9.17, 15) is 36.6 Å². The quantitative estimate of drug-likeness (QED) is 0.742. The molecule has 5 nitrogen and oxygen atoms in total. The first-order valence-corrected chi connectivity index (χ1v) is 9.15. The van der Waals surface area contributed by atoms with Gasteiger partial charge in [-0.05, 0) is 43.5 Å². The van der Waals surface area contributed by atoms with Gasteiger partial charge >= 0.3 is 6.18 Å². The van der Waals surface area contributed by atoms with Crippen LogP contribution in [0.15, 0.2) is 18.2 Å². The molecule has 0 unspecified atom stereocenters. The zero-order valence-electron chi connectivity index (χ0n) is 15.4. The maximum Gasteiger partial charge on any atom is 0.416 e. The number of nitrogens with zero attached hydrogens (tertiary/aromatic N) is 1. The number of hydrogen-bond acceptors (Lipinski definition) is 3. The zero-order valence-corrected chi connectivity index (χ0v) is 15.4.